The van der Waals surface area contributed by atoms with Gasteiger partial charge in [-0.3, -0.25) is 14.6 Å². The number of pyridine rings is 1. The third-order valence-electron chi connectivity index (χ3n) is 2.75. The molecule has 3 N–H and O–H groups in total. The largest absolute Gasteiger partial charge is 0.506 e. The fourth-order valence-corrected chi connectivity index (χ4v) is 1.65. The number of carboxylic acids is 1. The van der Waals surface area contributed by atoms with E-state index in [1.165, 1.54) is 18.5 Å². The van der Waals surface area contributed by atoms with Crippen molar-refractivity contribution in [2.24, 2.45) is 11.8 Å². The fraction of sp³-hybridized carbons (Fsp3) is 0.364. The number of carbonyl (C=O) groups is 2. The van der Waals surface area contributed by atoms with Gasteiger partial charge in [0.2, 0.25) is 0 Å². The molecule has 6 heteroatoms. The van der Waals surface area contributed by atoms with Gasteiger partial charge in [0.1, 0.15) is 5.75 Å². The van der Waals surface area contributed by atoms with E-state index >= 15 is 0 Å². The lowest BCUT2D eigenvalue weighted by molar-refractivity contribution is -0.138. The molecular formula is C11H12N2O4. The first-order valence-electron chi connectivity index (χ1n) is 5.23. The molecular weight excluding hydrogens is 224 g/mol. The minimum absolute atomic E-state index is 0.0155. The summed E-state index contributed by atoms with van der Waals surface area (Å²) in [5.41, 5.74) is 0.262. The third-order valence-corrected chi connectivity index (χ3v) is 2.75. The third kappa shape index (κ3) is 2.72. The molecule has 90 valence electrons. The number of rotatable bonds is 4. The maximum absolute atomic E-state index is 11.6. The Hall–Kier alpha value is -2.11. The molecule has 1 aromatic rings. The summed E-state index contributed by atoms with van der Waals surface area (Å²) >= 11 is 0. The second-order valence-electron chi connectivity index (χ2n) is 4.08. The number of carbonyl (C=O) groups excluding carboxylic acids is 1. The van der Waals surface area contributed by atoms with Crippen LogP contribution < -0.4 is 5.32 Å². The summed E-state index contributed by atoms with van der Waals surface area (Å²) in [5.74, 6) is -1.57. The van der Waals surface area contributed by atoms with E-state index in [1.807, 2.05) is 0 Å². The van der Waals surface area contributed by atoms with Crippen LogP contribution in [-0.4, -0.2) is 33.6 Å². The first kappa shape index (κ1) is 11.4. The SMILES string of the molecule is O=C(NC[C@H]1C[C@H]1C(=O)O)c1cncc(O)c1. The van der Waals surface area contributed by atoms with Gasteiger partial charge in [-0.05, 0) is 18.4 Å². The molecule has 2 rings (SSSR count). The zero-order valence-corrected chi connectivity index (χ0v) is 8.96. The lowest BCUT2D eigenvalue weighted by Crippen LogP contribution is -2.26. The summed E-state index contributed by atoms with van der Waals surface area (Å²) in [5, 5.41) is 20.5. The van der Waals surface area contributed by atoms with E-state index in [1.54, 1.807) is 0 Å². The molecule has 1 heterocycles. The lowest BCUT2D eigenvalue weighted by Gasteiger charge is -2.04. The van der Waals surface area contributed by atoms with Gasteiger partial charge in [0.05, 0.1) is 17.7 Å². The van der Waals surface area contributed by atoms with E-state index < -0.39 is 5.97 Å². The topological polar surface area (TPSA) is 99.5 Å². The van der Waals surface area contributed by atoms with Gasteiger partial charge in [-0.2, -0.15) is 0 Å². The van der Waals surface area contributed by atoms with Crippen LogP contribution in [0.1, 0.15) is 16.8 Å². The zero-order chi connectivity index (χ0) is 12.4. The molecule has 2 atom stereocenters. The fourth-order valence-electron chi connectivity index (χ4n) is 1.65. The predicted molar refractivity (Wildman–Crippen MR) is 57.5 cm³/mol. The Kier molecular flexibility index (Phi) is 2.95. The molecule has 0 spiro atoms. The van der Waals surface area contributed by atoms with Gasteiger partial charge in [-0.1, -0.05) is 0 Å². The average molecular weight is 236 g/mol. The number of aromatic nitrogens is 1. The maximum Gasteiger partial charge on any atom is 0.306 e. The number of amides is 1. The van der Waals surface area contributed by atoms with E-state index in [0.717, 1.165) is 0 Å². The van der Waals surface area contributed by atoms with Crippen LogP contribution in [0.2, 0.25) is 0 Å². The first-order chi connectivity index (χ1) is 8.08. The van der Waals surface area contributed by atoms with Crippen molar-refractivity contribution in [1.82, 2.24) is 10.3 Å². The van der Waals surface area contributed by atoms with Crippen molar-refractivity contribution in [3.8, 4) is 5.75 Å². The van der Waals surface area contributed by atoms with E-state index in [4.69, 9.17) is 10.2 Å². The van der Waals surface area contributed by atoms with Gasteiger partial charge in [0.25, 0.3) is 5.91 Å². The van der Waals surface area contributed by atoms with E-state index in [-0.39, 0.29) is 29.1 Å². The Morgan fingerprint density at radius 2 is 2.24 bits per heavy atom. The van der Waals surface area contributed by atoms with Crippen LogP contribution in [0, 0.1) is 11.8 Å². The van der Waals surface area contributed by atoms with Crippen molar-refractivity contribution < 1.29 is 19.8 Å². The number of nitrogens with zero attached hydrogens (tertiary/aromatic N) is 1. The highest BCUT2D eigenvalue weighted by Gasteiger charge is 2.42. The van der Waals surface area contributed by atoms with Crippen LogP contribution in [0.4, 0.5) is 0 Å². The number of hydrogen-bond donors (Lipinski definition) is 3. The van der Waals surface area contributed by atoms with Gasteiger partial charge >= 0.3 is 5.97 Å². The molecule has 1 aliphatic rings. The van der Waals surface area contributed by atoms with Crippen molar-refractivity contribution in [1.29, 1.82) is 0 Å². The molecule has 0 saturated heterocycles. The number of nitrogens with one attached hydrogen (secondary N) is 1. The average Bonchev–Trinajstić information content (AvgIpc) is 3.05. The van der Waals surface area contributed by atoms with Crippen molar-refractivity contribution in [2.45, 2.75) is 6.42 Å². The Balaban J connectivity index is 1.84. The maximum atomic E-state index is 11.6. The Bertz CT molecular complexity index is 461. The van der Waals surface area contributed by atoms with Crippen molar-refractivity contribution in [3.05, 3.63) is 24.0 Å². The molecule has 6 nitrogen and oxygen atoms in total. The van der Waals surface area contributed by atoms with Crippen LogP contribution in [0.15, 0.2) is 18.5 Å². The van der Waals surface area contributed by atoms with Gasteiger partial charge in [-0.15, -0.1) is 0 Å². The molecule has 0 aliphatic heterocycles. The Morgan fingerprint density at radius 1 is 1.47 bits per heavy atom. The van der Waals surface area contributed by atoms with Crippen LogP contribution >= 0.6 is 0 Å². The molecule has 1 aromatic heterocycles. The number of aliphatic carboxylic acids is 1. The van der Waals surface area contributed by atoms with Crippen molar-refractivity contribution in [3.63, 3.8) is 0 Å². The number of carboxylic acid groups (broad SMARTS) is 1. The highest BCUT2D eigenvalue weighted by molar-refractivity contribution is 5.94. The number of aromatic hydroxyl groups is 1. The van der Waals surface area contributed by atoms with Gasteiger partial charge in [-0.25, -0.2) is 0 Å². The van der Waals surface area contributed by atoms with Gasteiger partial charge < -0.3 is 15.5 Å². The summed E-state index contributed by atoms with van der Waals surface area (Å²) in [6.07, 6.45) is 3.18. The summed E-state index contributed by atoms with van der Waals surface area (Å²) in [7, 11) is 0. The van der Waals surface area contributed by atoms with Crippen LogP contribution in [0.25, 0.3) is 0 Å². The quantitative estimate of drug-likeness (QED) is 0.695. The Labute approximate surface area is 97.3 Å². The molecule has 1 saturated carbocycles. The molecule has 1 amide bonds. The minimum Gasteiger partial charge on any atom is -0.506 e. The van der Waals surface area contributed by atoms with E-state index in [0.29, 0.717) is 13.0 Å². The van der Waals surface area contributed by atoms with Gasteiger partial charge in [0, 0.05) is 12.7 Å². The second-order valence-corrected chi connectivity index (χ2v) is 4.08. The van der Waals surface area contributed by atoms with Gasteiger partial charge in [0.15, 0.2) is 0 Å². The van der Waals surface area contributed by atoms with Crippen molar-refractivity contribution in [2.75, 3.05) is 6.54 Å². The number of hydrogen-bond acceptors (Lipinski definition) is 4. The first-order valence-corrected chi connectivity index (χ1v) is 5.23. The normalized spacial score (nSPS) is 21.9. The molecule has 17 heavy (non-hydrogen) atoms. The van der Waals surface area contributed by atoms with Crippen molar-refractivity contribution >= 4 is 11.9 Å². The van der Waals surface area contributed by atoms with E-state index in [2.05, 4.69) is 10.3 Å². The highest BCUT2D eigenvalue weighted by atomic mass is 16.4. The molecule has 0 unspecified atom stereocenters. The van der Waals surface area contributed by atoms with Crippen LogP contribution in [0.5, 0.6) is 5.75 Å². The molecule has 0 radical (unpaired) electrons. The molecule has 0 bridgehead atoms. The summed E-state index contributed by atoms with van der Waals surface area (Å²) < 4.78 is 0. The smallest absolute Gasteiger partial charge is 0.306 e. The second kappa shape index (κ2) is 4.40. The monoisotopic (exact) mass is 236 g/mol. The van der Waals surface area contributed by atoms with Crippen LogP contribution in [-0.2, 0) is 4.79 Å². The standard InChI is InChI=1S/C11H12N2O4/c14-8-1-7(3-12-5-8)10(15)13-4-6-2-9(6)11(16)17/h1,3,5-6,9,14H,2,4H2,(H,13,15)(H,16,17)/t6-,9-/m1/s1. The minimum atomic E-state index is -0.816. The molecule has 0 aromatic carbocycles. The van der Waals surface area contributed by atoms with E-state index in [9.17, 15) is 9.59 Å². The molecule has 1 fully saturated rings. The highest BCUT2D eigenvalue weighted by Crippen LogP contribution is 2.37. The summed E-state index contributed by atoms with van der Waals surface area (Å²) in [4.78, 5) is 25.9. The molecule has 1 aliphatic carbocycles. The zero-order valence-electron chi connectivity index (χ0n) is 8.96. The lowest BCUT2D eigenvalue weighted by atomic mass is 10.2. The summed E-state index contributed by atoms with van der Waals surface area (Å²) in [6.45, 7) is 0.339. The predicted octanol–water partition coefficient (Wildman–Crippen LogP) is 0.238. The summed E-state index contributed by atoms with van der Waals surface area (Å²) in [6, 6.07) is 1.31. The Morgan fingerprint density at radius 3 is 2.82 bits per heavy atom. The van der Waals surface area contributed by atoms with Crippen LogP contribution in [0.3, 0.4) is 0 Å².